The third kappa shape index (κ3) is 3.86. The number of nitro benzene ring substituents is 1. The first-order valence-corrected chi connectivity index (χ1v) is 8.18. The summed E-state index contributed by atoms with van der Waals surface area (Å²) in [5, 5.41) is 25.2. The molecular weight excluding hydrogens is 397 g/mol. The average Bonchev–Trinajstić information content (AvgIpc) is 3.13. The fourth-order valence-corrected chi connectivity index (χ4v) is 2.70. The molecule has 138 valence electrons. The van der Waals surface area contributed by atoms with Crippen LogP contribution in [0.15, 0.2) is 40.9 Å². The second-order valence-corrected chi connectivity index (χ2v) is 6.06. The van der Waals surface area contributed by atoms with Crippen LogP contribution in [0.25, 0.3) is 22.5 Å². The van der Waals surface area contributed by atoms with Crippen molar-refractivity contribution in [3.8, 4) is 22.9 Å². The van der Waals surface area contributed by atoms with Gasteiger partial charge in [-0.15, -0.1) is 0 Å². The van der Waals surface area contributed by atoms with E-state index in [0.717, 1.165) is 6.07 Å². The van der Waals surface area contributed by atoms with E-state index in [1.807, 2.05) is 0 Å². The molecule has 0 unspecified atom stereocenters. The highest BCUT2D eigenvalue weighted by Gasteiger charge is 2.20. The molecule has 1 aromatic heterocycles. The Morgan fingerprint density at radius 1 is 1.37 bits per heavy atom. The molecule has 1 N–H and O–H groups in total. The number of nitro groups is 1. The lowest BCUT2D eigenvalue weighted by atomic mass is 10.1. The Morgan fingerprint density at radius 3 is 2.78 bits per heavy atom. The number of ether oxygens (including phenoxy) is 1. The van der Waals surface area contributed by atoms with Gasteiger partial charge in [-0.1, -0.05) is 40.5 Å². The van der Waals surface area contributed by atoms with Crippen molar-refractivity contribution in [2.75, 3.05) is 7.11 Å². The van der Waals surface area contributed by atoms with Crippen molar-refractivity contribution in [1.82, 2.24) is 10.1 Å². The minimum absolute atomic E-state index is 0.00119. The van der Waals surface area contributed by atoms with Gasteiger partial charge in [0, 0.05) is 11.6 Å². The van der Waals surface area contributed by atoms with Crippen LogP contribution in [0.2, 0.25) is 5.02 Å². The average molecular weight is 408 g/mol. The molecule has 0 atom stereocenters. The van der Waals surface area contributed by atoms with Crippen LogP contribution in [-0.2, 0) is 0 Å². The van der Waals surface area contributed by atoms with Crippen LogP contribution in [0, 0.1) is 10.1 Å². The summed E-state index contributed by atoms with van der Waals surface area (Å²) in [6.45, 7) is 0. The molecule has 27 heavy (non-hydrogen) atoms. The van der Waals surface area contributed by atoms with Crippen molar-refractivity contribution in [2.24, 2.45) is 0 Å². The number of halogens is 2. The molecular formula is C17H11Cl2N3O5. The topological polar surface area (TPSA) is 112 Å². The standard InChI is InChI=1S/C17H11Cl2N3O5/c1-26-14-8-9(7-13(15(14)23)22(24)25)6-12(19)17-20-16(21-27-17)10-4-2-3-5-11(10)18/h2-8,23H,1H3/b12-6-. The summed E-state index contributed by atoms with van der Waals surface area (Å²) < 4.78 is 10.1. The minimum atomic E-state index is -0.731. The first-order chi connectivity index (χ1) is 12.9. The maximum Gasteiger partial charge on any atom is 0.315 e. The van der Waals surface area contributed by atoms with Gasteiger partial charge in [0.1, 0.15) is 5.03 Å². The van der Waals surface area contributed by atoms with Crippen LogP contribution in [-0.4, -0.2) is 27.3 Å². The van der Waals surface area contributed by atoms with Gasteiger partial charge in [0.05, 0.1) is 17.1 Å². The molecule has 0 spiro atoms. The van der Waals surface area contributed by atoms with E-state index in [1.165, 1.54) is 19.3 Å². The molecule has 0 saturated carbocycles. The van der Waals surface area contributed by atoms with E-state index >= 15 is 0 Å². The smallest absolute Gasteiger partial charge is 0.315 e. The molecule has 0 radical (unpaired) electrons. The number of methoxy groups -OCH3 is 1. The molecule has 1 heterocycles. The highest BCUT2D eigenvalue weighted by Crippen LogP contribution is 2.38. The van der Waals surface area contributed by atoms with Crippen molar-refractivity contribution in [3.63, 3.8) is 0 Å². The van der Waals surface area contributed by atoms with Gasteiger partial charge in [-0.3, -0.25) is 10.1 Å². The van der Waals surface area contributed by atoms with Gasteiger partial charge in [-0.25, -0.2) is 0 Å². The predicted molar refractivity (Wildman–Crippen MR) is 99.8 cm³/mol. The van der Waals surface area contributed by atoms with E-state index in [2.05, 4.69) is 10.1 Å². The van der Waals surface area contributed by atoms with E-state index in [-0.39, 0.29) is 22.5 Å². The van der Waals surface area contributed by atoms with Crippen LogP contribution >= 0.6 is 23.2 Å². The number of phenolic OH excluding ortho intramolecular Hbond substituents is 1. The molecule has 0 fully saturated rings. The number of phenols is 1. The fourth-order valence-electron chi connectivity index (χ4n) is 2.27. The number of benzene rings is 2. The zero-order chi connectivity index (χ0) is 19.6. The summed E-state index contributed by atoms with van der Waals surface area (Å²) in [6.07, 6.45) is 1.38. The Morgan fingerprint density at radius 2 is 2.11 bits per heavy atom. The van der Waals surface area contributed by atoms with Gasteiger partial charge in [0.25, 0.3) is 5.89 Å². The highest BCUT2D eigenvalue weighted by molar-refractivity contribution is 6.50. The van der Waals surface area contributed by atoms with Crippen molar-refractivity contribution in [3.05, 3.63) is 63.0 Å². The molecule has 8 nitrogen and oxygen atoms in total. The number of nitrogens with zero attached hydrogens (tertiary/aromatic N) is 3. The first kappa shape index (κ1) is 18.7. The van der Waals surface area contributed by atoms with E-state index in [1.54, 1.807) is 24.3 Å². The van der Waals surface area contributed by atoms with Gasteiger partial charge < -0.3 is 14.4 Å². The lowest BCUT2D eigenvalue weighted by molar-refractivity contribution is -0.386. The molecule has 0 aliphatic rings. The van der Waals surface area contributed by atoms with Gasteiger partial charge in [0.15, 0.2) is 5.75 Å². The maximum absolute atomic E-state index is 11.1. The van der Waals surface area contributed by atoms with Crippen molar-refractivity contribution in [1.29, 1.82) is 0 Å². The Kier molecular flexibility index (Phi) is 5.29. The largest absolute Gasteiger partial charge is 0.500 e. The van der Waals surface area contributed by atoms with Crippen molar-refractivity contribution >= 4 is 40.0 Å². The molecule has 2 aromatic carbocycles. The van der Waals surface area contributed by atoms with Crippen LogP contribution in [0.4, 0.5) is 5.69 Å². The normalized spacial score (nSPS) is 11.4. The summed E-state index contributed by atoms with van der Waals surface area (Å²) in [7, 11) is 1.28. The van der Waals surface area contributed by atoms with E-state index in [4.69, 9.17) is 32.5 Å². The zero-order valence-corrected chi connectivity index (χ0v) is 15.2. The molecule has 0 bridgehead atoms. The first-order valence-electron chi connectivity index (χ1n) is 7.42. The number of rotatable bonds is 5. The van der Waals surface area contributed by atoms with Gasteiger partial charge in [0.2, 0.25) is 11.6 Å². The van der Waals surface area contributed by atoms with Crippen molar-refractivity contribution in [2.45, 2.75) is 0 Å². The van der Waals surface area contributed by atoms with E-state index < -0.39 is 16.4 Å². The molecule has 10 heteroatoms. The lowest BCUT2D eigenvalue weighted by Gasteiger charge is -2.05. The molecule has 0 saturated heterocycles. The SMILES string of the molecule is COc1cc(/C=C(\Cl)c2nc(-c3ccccc3Cl)no2)cc([N+](=O)[O-])c1O. The summed E-state index contributed by atoms with van der Waals surface area (Å²) in [5.74, 6) is -0.394. The Balaban J connectivity index is 1.98. The summed E-state index contributed by atoms with van der Waals surface area (Å²) in [6, 6.07) is 9.48. The van der Waals surface area contributed by atoms with Gasteiger partial charge in [-0.2, -0.15) is 4.98 Å². The summed E-state index contributed by atoms with van der Waals surface area (Å²) in [4.78, 5) is 14.5. The Hall–Kier alpha value is -3.10. The fraction of sp³-hybridized carbons (Fsp3) is 0.0588. The van der Waals surface area contributed by atoms with Gasteiger partial charge in [-0.05, 0) is 29.8 Å². The van der Waals surface area contributed by atoms with E-state index in [9.17, 15) is 15.2 Å². The zero-order valence-electron chi connectivity index (χ0n) is 13.7. The molecule has 3 rings (SSSR count). The van der Waals surface area contributed by atoms with Crippen LogP contribution in [0.5, 0.6) is 11.5 Å². The highest BCUT2D eigenvalue weighted by atomic mass is 35.5. The number of hydrogen-bond donors (Lipinski definition) is 1. The molecule has 0 aliphatic heterocycles. The van der Waals surface area contributed by atoms with Crippen LogP contribution in [0.3, 0.4) is 0 Å². The number of aromatic nitrogens is 2. The molecule has 0 amide bonds. The van der Waals surface area contributed by atoms with E-state index in [0.29, 0.717) is 16.1 Å². The monoisotopic (exact) mass is 407 g/mol. The molecule has 0 aliphatic carbocycles. The Labute approximate surface area is 162 Å². The predicted octanol–water partition coefficient (Wildman–Crippen LogP) is 4.75. The molecule has 3 aromatic rings. The Bertz CT molecular complexity index is 1050. The number of aromatic hydroxyl groups is 1. The number of hydrogen-bond acceptors (Lipinski definition) is 7. The maximum atomic E-state index is 11.1. The lowest BCUT2D eigenvalue weighted by Crippen LogP contribution is -1.93. The second kappa shape index (κ2) is 7.65. The summed E-state index contributed by atoms with van der Waals surface area (Å²) >= 11 is 12.3. The van der Waals surface area contributed by atoms with Gasteiger partial charge >= 0.3 is 5.69 Å². The third-order valence-corrected chi connectivity index (χ3v) is 4.13. The van der Waals surface area contributed by atoms with Crippen LogP contribution < -0.4 is 4.74 Å². The quantitative estimate of drug-likeness (QED) is 0.479. The second-order valence-electron chi connectivity index (χ2n) is 5.24. The van der Waals surface area contributed by atoms with Crippen LogP contribution in [0.1, 0.15) is 11.5 Å². The summed E-state index contributed by atoms with van der Waals surface area (Å²) in [5.41, 5.74) is 0.353. The minimum Gasteiger partial charge on any atom is -0.500 e. The van der Waals surface area contributed by atoms with Crippen molar-refractivity contribution < 1.29 is 19.3 Å². The third-order valence-electron chi connectivity index (χ3n) is 3.53.